The molecule has 0 saturated heterocycles. The SMILES string of the molecule is O=C(/C=C/c1ccc(S(=O)(=O)Nc2ccccc2Cl)cc1)NCC(=O)Nc1cccnc1. The highest BCUT2D eigenvalue weighted by Crippen LogP contribution is 2.24. The lowest BCUT2D eigenvalue weighted by molar-refractivity contribution is -0.121. The third kappa shape index (κ3) is 6.66. The second kappa shape index (κ2) is 10.6. The van der Waals surface area contributed by atoms with Crippen LogP contribution in [0.1, 0.15) is 5.56 Å². The highest BCUT2D eigenvalue weighted by molar-refractivity contribution is 7.92. The highest BCUT2D eigenvalue weighted by atomic mass is 35.5. The number of hydrogen-bond donors (Lipinski definition) is 3. The van der Waals surface area contributed by atoms with Gasteiger partial charge in [0.2, 0.25) is 11.8 Å². The zero-order valence-electron chi connectivity index (χ0n) is 16.7. The number of aromatic nitrogens is 1. The van der Waals surface area contributed by atoms with Gasteiger partial charge in [0.1, 0.15) is 0 Å². The number of amides is 2. The minimum absolute atomic E-state index is 0.0473. The molecule has 3 rings (SSSR count). The Kier molecular flexibility index (Phi) is 7.58. The average Bonchev–Trinajstić information content (AvgIpc) is 2.79. The molecule has 0 fully saturated rings. The fourth-order valence-corrected chi connectivity index (χ4v) is 3.86. The van der Waals surface area contributed by atoms with Gasteiger partial charge in [-0.05, 0) is 48.0 Å². The Labute approximate surface area is 190 Å². The summed E-state index contributed by atoms with van der Waals surface area (Å²) in [6.07, 6.45) is 5.84. The van der Waals surface area contributed by atoms with Gasteiger partial charge < -0.3 is 10.6 Å². The van der Waals surface area contributed by atoms with E-state index in [1.807, 2.05) is 0 Å². The summed E-state index contributed by atoms with van der Waals surface area (Å²) < 4.78 is 27.5. The summed E-state index contributed by atoms with van der Waals surface area (Å²) in [5, 5.41) is 5.35. The van der Waals surface area contributed by atoms with Crippen LogP contribution in [0.3, 0.4) is 0 Å². The number of carbonyl (C=O) groups is 2. The van der Waals surface area contributed by atoms with Crippen LogP contribution in [-0.4, -0.2) is 31.8 Å². The number of halogens is 1. The van der Waals surface area contributed by atoms with Crippen LogP contribution in [0.2, 0.25) is 5.02 Å². The molecule has 8 nitrogen and oxygen atoms in total. The number of nitrogens with one attached hydrogen (secondary N) is 3. The standard InChI is InChI=1S/C22H19ClN4O4S/c23-19-5-1-2-6-20(19)27-32(30,31)18-10-7-16(8-11-18)9-12-21(28)25-15-22(29)26-17-4-3-13-24-14-17/h1-14,27H,15H2,(H,25,28)(H,26,29)/b12-9+. The monoisotopic (exact) mass is 470 g/mol. The Hall–Kier alpha value is -3.69. The number of nitrogens with zero attached hydrogens (tertiary/aromatic N) is 1. The van der Waals surface area contributed by atoms with Crippen LogP contribution in [-0.2, 0) is 19.6 Å². The van der Waals surface area contributed by atoms with Crippen molar-refractivity contribution in [2.24, 2.45) is 0 Å². The van der Waals surface area contributed by atoms with Crippen LogP contribution in [0, 0.1) is 0 Å². The van der Waals surface area contributed by atoms with Crippen molar-refractivity contribution in [1.29, 1.82) is 0 Å². The predicted molar refractivity (Wildman–Crippen MR) is 124 cm³/mol. The minimum atomic E-state index is -3.81. The first-order valence-corrected chi connectivity index (χ1v) is 11.2. The van der Waals surface area contributed by atoms with Crippen LogP contribution in [0.4, 0.5) is 11.4 Å². The predicted octanol–water partition coefficient (Wildman–Crippen LogP) is 3.30. The van der Waals surface area contributed by atoms with E-state index in [2.05, 4.69) is 20.3 Å². The van der Waals surface area contributed by atoms with Gasteiger partial charge in [-0.3, -0.25) is 19.3 Å². The number of hydrogen-bond acceptors (Lipinski definition) is 5. The number of para-hydroxylation sites is 1. The van der Waals surface area contributed by atoms with Crippen molar-refractivity contribution in [3.05, 3.63) is 89.7 Å². The number of sulfonamides is 1. The Morgan fingerprint density at radius 1 is 1.00 bits per heavy atom. The molecule has 3 N–H and O–H groups in total. The third-order valence-corrected chi connectivity index (χ3v) is 5.82. The van der Waals surface area contributed by atoms with Gasteiger partial charge in [-0.1, -0.05) is 35.9 Å². The van der Waals surface area contributed by atoms with Crippen molar-refractivity contribution in [3.8, 4) is 0 Å². The second-order valence-corrected chi connectivity index (χ2v) is 8.58. The first-order chi connectivity index (χ1) is 15.3. The van der Waals surface area contributed by atoms with E-state index in [1.54, 1.807) is 54.7 Å². The molecule has 1 aromatic heterocycles. The minimum Gasteiger partial charge on any atom is -0.343 e. The van der Waals surface area contributed by atoms with E-state index in [1.165, 1.54) is 30.5 Å². The first kappa shape index (κ1) is 23.0. The van der Waals surface area contributed by atoms with E-state index < -0.39 is 15.9 Å². The van der Waals surface area contributed by atoms with Crippen molar-refractivity contribution in [3.63, 3.8) is 0 Å². The lowest BCUT2D eigenvalue weighted by Gasteiger charge is -2.09. The molecule has 0 saturated carbocycles. The van der Waals surface area contributed by atoms with Gasteiger partial charge in [-0.15, -0.1) is 0 Å². The largest absolute Gasteiger partial charge is 0.343 e. The molecule has 32 heavy (non-hydrogen) atoms. The summed E-state index contributed by atoms with van der Waals surface area (Å²) in [7, 11) is -3.81. The molecule has 10 heteroatoms. The fraction of sp³-hybridized carbons (Fsp3) is 0.0455. The number of benzene rings is 2. The molecule has 2 amide bonds. The van der Waals surface area contributed by atoms with Gasteiger partial charge in [-0.2, -0.15) is 0 Å². The molecular weight excluding hydrogens is 452 g/mol. The molecule has 0 unspecified atom stereocenters. The molecule has 0 bridgehead atoms. The van der Waals surface area contributed by atoms with Gasteiger partial charge in [0.25, 0.3) is 10.0 Å². The fourth-order valence-electron chi connectivity index (χ4n) is 2.55. The van der Waals surface area contributed by atoms with Crippen LogP contribution in [0.5, 0.6) is 0 Å². The summed E-state index contributed by atoms with van der Waals surface area (Å²) in [4.78, 5) is 27.7. The van der Waals surface area contributed by atoms with Gasteiger partial charge in [0, 0.05) is 12.3 Å². The van der Waals surface area contributed by atoms with Crippen LogP contribution >= 0.6 is 11.6 Å². The van der Waals surface area contributed by atoms with Gasteiger partial charge in [-0.25, -0.2) is 8.42 Å². The molecule has 0 aliphatic heterocycles. The molecule has 0 aliphatic rings. The van der Waals surface area contributed by atoms with Gasteiger partial charge >= 0.3 is 0 Å². The third-order valence-electron chi connectivity index (χ3n) is 4.10. The second-order valence-electron chi connectivity index (χ2n) is 6.50. The van der Waals surface area contributed by atoms with E-state index >= 15 is 0 Å². The van der Waals surface area contributed by atoms with Crippen LogP contribution in [0.25, 0.3) is 6.08 Å². The Morgan fingerprint density at radius 3 is 2.44 bits per heavy atom. The molecule has 3 aromatic rings. The Morgan fingerprint density at radius 2 is 1.75 bits per heavy atom. The smallest absolute Gasteiger partial charge is 0.261 e. The highest BCUT2D eigenvalue weighted by Gasteiger charge is 2.15. The summed E-state index contributed by atoms with van der Waals surface area (Å²) >= 11 is 6.00. The van der Waals surface area contributed by atoms with E-state index in [9.17, 15) is 18.0 Å². The van der Waals surface area contributed by atoms with E-state index in [-0.39, 0.29) is 28.1 Å². The van der Waals surface area contributed by atoms with E-state index in [0.29, 0.717) is 11.3 Å². The van der Waals surface area contributed by atoms with E-state index in [0.717, 1.165) is 0 Å². The van der Waals surface area contributed by atoms with Crippen molar-refractivity contribution in [2.45, 2.75) is 4.90 Å². The number of carbonyl (C=O) groups excluding carboxylic acids is 2. The number of rotatable bonds is 8. The quantitative estimate of drug-likeness (QED) is 0.436. The van der Waals surface area contributed by atoms with E-state index in [4.69, 9.17) is 11.6 Å². The maximum Gasteiger partial charge on any atom is 0.261 e. The summed E-state index contributed by atoms with van der Waals surface area (Å²) in [5.41, 5.74) is 1.42. The number of anilines is 2. The normalized spacial score (nSPS) is 11.2. The summed E-state index contributed by atoms with van der Waals surface area (Å²) in [6.45, 7) is -0.205. The van der Waals surface area contributed by atoms with Crippen LogP contribution in [0.15, 0.2) is 84.0 Å². The molecule has 2 aromatic carbocycles. The van der Waals surface area contributed by atoms with Crippen LogP contribution < -0.4 is 15.4 Å². The maximum atomic E-state index is 12.5. The lowest BCUT2D eigenvalue weighted by Crippen LogP contribution is -2.31. The van der Waals surface area contributed by atoms with Gasteiger partial charge in [0.15, 0.2) is 0 Å². The Balaban J connectivity index is 1.53. The van der Waals surface area contributed by atoms with Gasteiger partial charge in [0.05, 0.1) is 34.0 Å². The Bertz CT molecular complexity index is 1230. The lowest BCUT2D eigenvalue weighted by atomic mass is 10.2. The zero-order chi connectivity index (χ0) is 23.0. The first-order valence-electron chi connectivity index (χ1n) is 9.37. The molecule has 164 valence electrons. The average molecular weight is 471 g/mol. The summed E-state index contributed by atoms with van der Waals surface area (Å²) in [6, 6.07) is 15.8. The summed E-state index contributed by atoms with van der Waals surface area (Å²) in [5.74, 6) is -0.858. The maximum absolute atomic E-state index is 12.5. The topological polar surface area (TPSA) is 117 Å². The van der Waals surface area contributed by atoms with Crippen molar-refractivity contribution >= 4 is 50.9 Å². The number of pyridine rings is 1. The van der Waals surface area contributed by atoms with Crippen molar-refractivity contribution in [1.82, 2.24) is 10.3 Å². The van der Waals surface area contributed by atoms with Crippen molar-refractivity contribution < 1.29 is 18.0 Å². The zero-order valence-corrected chi connectivity index (χ0v) is 18.2. The molecular formula is C22H19ClN4O4S. The molecule has 0 radical (unpaired) electrons. The molecule has 0 atom stereocenters. The molecule has 1 heterocycles. The van der Waals surface area contributed by atoms with Crippen molar-refractivity contribution in [2.75, 3.05) is 16.6 Å². The molecule has 0 aliphatic carbocycles. The molecule has 0 spiro atoms.